The highest BCUT2D eigenvalue weighted by molar-refractivity contribution is 7.91. The van der Waals surface area contributed by atoms with Crippen LogP contribution in [0.3, 0.4) is 0 Å². The van der Waals surface area contributed by atoms with Crippen molar-refractivity contribution < 1.29 is 18.1 Å². The monoisotopic (exact) mass is 464 g/mol. The second kappa shape index (κ2) is 8.22. The molecule has 0 aliphatic carbocycles. The summed E-state index contributed by atoms with van der Waals surface area (Å²) >= 11 is 2.29. The summed E-state index contributed by atoms with van der Waals surface area (Å²) in [6, 6.07) is 8.44. The number of amides is 1. The van der Waals surface area contributed by atoms with E-state index in [0.29, 0.717) is 29.2 Å². The minimum atomic E-state index is -3.72. The van der Waals surface area contributed by atoms with Crippen molar-refractivity contribution in [3.63, 3.8) is 0 Å². The van der Waals surface area contributed by atoms with Crippen LogP contribution in [0, 0.1) is 10.1 Å². The van der Waals surface area contributed by atoms with E-state index >= 15 is 0 Å². The molecule has 1 amide bonds. The molecule has 12 heteroatoms. The van der Waals surface area contributed by atoms with E-state index in [-0.39, 0.29) is 16.4 Å². The van der Waals surface area contributed by atoms with Gasteiger partial charge in [0, 0.05) is 29.6 Å². The van der Waals surface area contributed by atoms with Gasteiger partial charge in [0.2, 0.25) is 5.91 Å². The summed E-state index contributed by atoms with van der Waals surface area (Å²) in [6.45, 7) is 0.287. The molecule has 3 aromatic rings. The van der Waals surface area contributed by atoms with Crippen molar-refractivity contribution in [2.75, 3.05) is 11.9 Å². The van der Waals surface area contributed by atoms with Gasteiger partial charge < -0.3 is 5.32 Å². The lowest BCUT2D eigenvalue weighted by Crippen LogP contribution is -2.42. The van der Waals surface area contributed by atoms with Crippen molar-refractivity contribution in [3.05, 3.63) is 57.3 Å². The average molecular weight is 465 g/mol. The van der Waals surface area contributed by atoms with Gasteiger partial charge in [0.1, 0.15) is 10.3 Å². The third kappa shape index (κ3) is 3.99. The van der Waals surface area contributed by atoms with E-state index in [4.69, 9.17) is 0 Å². The molecule has 30 heavy (non-hydrogen) atoms. The molecule has 0 unspecified atom stereocenters. The summed E-state index contributed by atoms with van der Waals surface area (Å²) in [5.41, 5.74) is 1.00. The first-order valence-corrected chi connectivity index (χ1v) is 12.1. The highest BCUT2D eigenvalue weighted by Gasteiger charge is 2.40. The zero-order chi connectivity index (χ0) is 21.3. The van der Waals surface area contributed by atoms with Gasteiger partial charge in [-0.1, -0.05) is 18.2 Å². The number of aromatic nitrogens is 1. The average Bonchev–Trinajstić information content (AvgIpc) is 3.49. The number of sulfonamides is 1. The van der Waals surface area contributed by atoms with Gasteiger partial charge in [-0.15, -0.1) is 22.7 Å². The van der Waals surface area contributed by atoms with E-state index in [1.54, 1.807) is 29.0 Å². The molecule has 0 radical (unpaired) electrons. The maximum atomic E-state index is 12.8. The van der Waals surface area contributed by atoms with Crippen molar-refractivity contribution in [3.8, 4) is 11.3 Å². The first kappa shape index (κ1) is 20.6. The molecule has 0 spiro atoms. The molecule has 1 aliphatic heterocycles. The highest BCUT2D eigenvalue weighted by atomic mass is 32.2. The molecule has 9 nitrogen and oxygen atoms in total. The molecule has 1 fully saturated rings. The lowest BCUT2D eigenvalue weighted by molar-refractivity contribution is -0.384. The maximum absolute atomic E-state index is 12.8. The van der Waals surface area contributed by atoms with Crippen LogP contribution in [0.2, 0.25) is 0 Å². The molecular formula is C18H16N4O5S3. The Morgan fingerprint density at radius 2 is 2.10 bits per heavy atom. The molecule has 1 atom stereocenters. The topological polar surface area (TPSA) is 123 Å². The number of thiazole rings is 1. The van der Waals surface area contributed by atoms with Crippen molar-refractivity contribution >= 4 is 49.4 Å². The summed E-state index contributed by atoms with van der Waals surface area (Å²) in [4.78, 5) is 27.6. The van der Waals surface area contributed by atoms with E-state index in [1.807, 2.05) is 0 Å². The van der Waals surface area contributed by atoms with Crippen LogP contribution >= 0.6 is 22.7 Å². The van der Waals surface area contributed by atoms with Crippen LogP contribution in [-0.4, -0.2) is 41.1 Å². The number of carbonyl (C=O) groups excluding carboxylic acids is 1. The molecular weight excluding hydrogens is 448 g/mol. The fraction of sp³-hybridized carbons (Fsp3) is 0.222. The fourth-order valence-corrected chi connectivity index (χ4v) is 6.75. The Balaban J connectivity index is 1.51. The lowest BCUT2D eigenvalue weighted by Gasteiger charge is -2.22. The molecule has 0 bridgehead atoms. The Bertz CT molecular complexity index is 1190. The Hall–Kier alpha value is -2.67. The second-order valence-electron chi connectivity index (χ2n) is 6.54. The van der Waals surface area contributed by atoms with Crippen LogP contribution in [0.1, 0.15) is 12.8 Å². The van der Waals surface area contributed by atoms with Crippen LogP contribution in [0.4, 0.5) is 10.8 Å². The normalized spacial score (nSPS) is 17.1. The van der Waals surface area contributed by atoms with Gasteiger partial charge in [0.25, 0.3) is 15.7 Å². The molecule has 156 valence electrons. The summed E-state index contributed by atoms with van der Waals surface area (Å²) < 4.78 is 27.1. The number of hydrogen-bond donors (Lipinski definition) is 1. The molecule has 3 heterocycles. The molecule has 1 aromatic carbocycles. The Morgan fingerprint density at radius 3 is 2.83 bits per heavy atom. The van der Waals surface area contributed by atoms with Crippen LogP contribution in [0.15, 0.2) is 51.4 Å². The van der Waals surface area contributed by atoms with Crippen molar-refractivity contribution in [2.45, 2.75) is 23.1 Å². The number of nitro groups is 1. The number of rotatable bonds is 6. The van der Waals surface area contributed by atoms with Gasteiger partial charge in [0.15, 0.2) is 5.13 Å². The van der Waals surface area contributed by atoms with Crippen LogP contribution < -0.4 is 5.32 Å². The predicted molar refractivity (Wildman–Crippen MR) is 114 cm³/mol. The summed E-state index contributed by atoms with van der Waals surface area (Å²) in [7, 11) is -3.72. The molecule has 1 saturated heterocycles. The first-order chi connectivity index (χ1) is 14.4. The van der Waals surface area contributed by atoms with Gasteiger partial charge in [0.05, 0.1) is 10.6 Å². The zero-order valence-electron chi connectivity index (χ0n) is 15.4. The molecule has 1 aliphatic rings. The predicted octanol–water partition coefficient (Wildman–Crippen LogP) is 3.57. The standard InChI is InChI=1S/C18H16N4O5S3/c23-17(15-6-2-8-21(15)30(26,27)16-7-3-9-28-16)20-18-19-14(11-29-18)12-4-1-5-13(10-12)22(24)25/h1,3-5,7,9-11,15H,2,6,8H2,(H,19,20,23)/t15-/m1/s1. The molecule has 1 N–H and O–H groups in total. The van der Waals surface area contributed by atoms with E-state index in [1.165, 1.54) is 33.8 Å². The number of nitrogens with one attached hydrogen (secondary N) is 1. The Labute approximate surface area is 180 Å². The molecule has 4 rings (SSSR count). The summed E-state index contributed by atoms with van der Waals surface area (Å²) in [5, 5.41) is 17.3. The Kier molecular flexibility index (Phi) is 5.64. The van der Waals surface area contributed by atoms with Crippen molar-refractivity contribution in [1.29, 1.82) is 0 Å². The fourth-order valence-electron chi connectivity index (χ4n) is 3.25. The van der Waals surface area contributed by atoms with E-state index in [0.717, 1.165) is 11.3 Å². The highest BCUT2D eigenvalue weighted by Crippen LogP contribution is 2.31. The first-order valence-electron chi connectivity index (χ1n) is 8.93. The van der Waals surface area contributed by atoms with Gasteiger partial charge >= 0.3 is 0 Å². The third-order valence-electron chi connectivity index (χ3n) is 4.65. The summed E-state index contributed by atoms with van der Waals surface area (Å²) in [5.74, 6) is -0.437. The summed E-state index contributed by atoms with van der Waals surface area (Å²) in [6.07, 6.45) is 1.03. The molecule has 0 saturated carbocycles. The van der Waals surface area contributed by atoms with Gasteiger partial charge in [-0.3, -0.25) is 14.9 Å². The number of hydrogen-bond acceptors (Lipinski definition) is 8. The van der Waals surface area contributed by atoms with E-state index in [2.05, 4.69) is 10.3 Å². The number of nitro benzene ring substituents is 1. The number of nitrogens with zero attached hydrogens (tertiary/aromatic N) is 3. The largest absolute Gasteiger partial charge is 0.301 e. The van der Waals surface area contributed by atoms with Crippen LogP contribution in [0.25, 0.3) is 11.3 Å². The lowest BCUT2D eigenvalue weighted by atomic mass is 10.1. The molecule has 2 aromatic heterocycles. The Morgan fingerprint density at radius 1 is 1.27 bits per heavy atom. The van der Waals surface area contributed by atoms with Crippen molar-refractivity contribution in [2.24, 2.45) is 0 Å². The van der Waals surface area contributed by atoms with E-state index < -0.39 is 26.9 Å². The smallest absolute Gasteiger partial charge is 0.270 e. The van der Waals surface area contributed by atoms with Crippen LogP contribution in [-0.2, 0) is 14.8 Å². The second-order valence-corrected chi connectivity index (χ2v) is 10.5. The minimum absolute atomic E-state index is 0.0496. The number of carbonyl (C=O) groups is 1. The number of non-ortho nitro benzene ring substituents is 1. The van der Waals surface area contributed by atoms with E-state index in [9.17, 15) is 23.3 Å². The van der Waals surface area contributed by atoms with Gasteiger partial charge in [-0.25, -0.2) is 13.4 Å². The van der Waals surface area contributed by atoms with Gasteiger partial charge in [-0.2, -0.15) is 4.31 Å². The number of benzene rings is 1. The maximum Gasteiger partial charge on any atom is 0.270 e. The SMILES string of the molecule is O=C(Nc1nc(-c2cccc([N+](=O)[O-])c2)cs1)[C@H]1CCCN1S(=O)(=O)c1cccs1. The number of anilines is 1. The van der Waals surface area contributed by atoms with Crippen molar-refractivity contribution in [1.82, 2.24) is 9.29 Å². The quantitative estimate of drug-likeness (QED) is 0.439. The zero-order valence-corrected chi connectivity index (χ0v) is 17.9. The third-order valence-corrected chi connectivity index (χ3v) is 8.69. The number of thiophene rings is 1. The van der Waals surface area contributed by atoms with Gasteiger partial charge in [-0.05, 0) is 24.3 Å². The van der Waals surface area contributed by atoms with Crippen LogP contribution in [0.5, 0.6) is 0 Å². The minimum Gasteiger partial charge on any atom is -0.301 e.